The van der Waals surface area contributed by atoms with Gasteiger partial charge in [0.05, 0.1) is 0 Å². The lowest BCUT2D eigenvalue weighted by Gasteiger charge is -2.45. The Morgan fingerprint density at radius 1 is 1.00 bits per heavy atom. The zero-order valence-corrected chi connectivity index (χ0v) is 10.7. The highest BCUT2D eigenvalue weighted by atomic mass is 32.2. The molecule has 0 bridgehead atoms. The van der Waals surface area contributed by atoms with E-state index >= 15 is 0 Å². The van der Waals surface area contributed by atoms with Crippen LogP contribution < -0.4 is 5.73 Å². The first kappa shape index (κ1) is 12.3. The molecule has 0 unspecified atom stereocenters. The van der Waals surface area contributed by atoms with E-state index in [9.17, 15) is 8.42 Å². The van der Waals surface area contributed by atoms with Crippen molar-refractivity contribution in [2.24, 2.45) is 5.73 Å². The van der Waals surface area contributed by atoms with Gasteiger partial charge in [-0.2, -0.15) is 17.0 Å². The lowest BCUT2D eigenvalue weighted by molar-refractivity contribution is 0.163. The summed E-state index contributed by atoms with van der Waals surface area (Å²) in [6.07, 6.45) is 4.24. The molecule has 2 saturated heterocycles. The van der Waals surface area contributed by atoms with Crippen LogP contribution in [0.25, 0.3) is 0 Å². The van der Waals surface area contributed by atoms with E-state index in [1.165, 1.54) is 4.31 Å². The Hall–Kier alpha value is -0.170. The molecule has 0 aliphatic carbocycles. The molecule has 16 heavy (non-hydrogen) atoms. The summed E-state index contributed by atoms with van der Waals surface area (Å²) in [5, 5.41) is 0. The largest absolute Gasteiger partial charge is 0.323 e. The van der Waals surface area contributed by atoms with E-state index in [-0.39, 0.29) is 5.54 Å². The quantitative estimate of drug-likeness (QED) is 0.755. The number of hydrogen-bond acceptors (Lipinski definition) is 3. The van der Waals surface area contributed by atoms with Crippen molar-refractivity contribution in [3.63, 3.8) is 0 Å². The van der Waals surface area contributed by atoms with Crippen molar-refractivity contribution in [1.29, 1.82) is 0 Å². The normalized spacial score (nSPS) is 28.4. The molecule has 0 aromatic rings. The molecule has 2 aliphatic heterocycles. The molecule has 2 aliphatic rings. The van der Waals surface area contributed by atoms with Crippen LogP contribution in [0, 0.1) is 0 Å². The standard InChI is InChI=1S/C10H21N3O2S/c1-10(11)8-13(9-10)16(14,15)12-6-4-2-3-5-7-12/h2-9,11H2,1H3. The van der Waals surface area contributed by atoms with Crippen molar-refractivity contribution in [2.45, 2.75) is 38.1 Å². The third kappa shape index (κ3) is 2.40. The van der Waals surface area contributed by atoms with Gasteiger partial charge in [-0.25, -0.2) is 0 Å². The summed E-state index contributed by atoms with van der Waals surface area (Å²) < 4.78 is 27.5. The maximum Gasteiger partial charge on any atom is 0.282 e. The van der Waals surface area contributed by atoms with E-state index in [1.807, 2.05) is 6.92 Å². The summed E-state index contributed by atoms with van der Waals surface area (Å²) in [6, 6.07) is 0. The van der Waals surface area contributed by atoms with E-state index in [0.717, 1.165) is 25.7 Å². The summed E-state index contributed by atoms with van der Waals surface area (Å²) in [4.78, 5) is 0. The van der Waals surface area contributed by atoms with Crippen molar-refractivity contribution in [3.05, 3.63) is 0 Å². The van der Waals surface area contributed by atoms with Crippen LogP contribution >= 0.6 is 0 Å². The van der Waals surface area contributed by atoms with Gasteiger partial charge in [-0.05, 0) is 19.8 Å². The van der Waals surface area contributed by atoms with Gasteiger partial charge in [0.25, 0.3) is 10.2 Å². The maximum absolute atomic E-state index is 12.2. The van der Waals surface area contributed by atoms with Gasteiger partial charge in [0, 0.05) is 31.7 Å². The number of nitrogens with two attached hydrogens (primary N) is 1. The van der Waals surface area contributed by atoms with Crippen LogP contribution in [0.2, 0.25) is 0 Å². The fourth-order valence-electron chi connectivity index (χ4n) is 2.36. The third-order valence-electron chi connectivity index (χ3n) is 3.29. The summed E-state index contributed by atoms with van der Waals surface area (Å²) in [7, 11) is -3.23. The fourth-order valence-corrected chi connectivity index (χ4v) is 4.32. The molecule has 0 aromatic carbocycles. The molecule has 0 radical (unpaired) electrons. The van der Waals surface area contributed by atoms with Crippen molar-refractivity contribution in [3.8, 4) is 0 Å². The van der Waals surface area contributed by atoms with Crippen LogP contribution in [0.5, 0.6) is 0 Å². The fraction of sp³-hybridized carbons (Fsp3) is 1.00. The minimum absolute atomic E-state index is 0.334. The number of rotatable bonds is 2. The van der Waals surface area contributed by atoms with Crippen molar-refractivity contribution in [2.75, 3.05) is 26.2 Å². The van der Waals surface area contributed by atoms with E-state index in [0.29, 0.717) is 26.2 Å². The predicted octanol–water partition coefficient (Wildman–Crippen LogP) is 0.140. The van der Waals surface area contributed by atoms with Crippen LogP contribution in [-0.4, -0.2) is 48.7 Å². The summed E-state index contributed by atoms with van der Waals surface area (Å²) >= 11 is 0. The van der Waals surface area contributed by atoms with Crippen molar-refractivity contribution in [1.82, 2.24) is 8.61 Å². The van der Waals surface area contributed by atoms with Gasteiger partial charge in [0.1, 0.15) is 0 Å². The Kier molecular flexibility index (Phi) is 3.27. The first-order chi connectivity index (χ1) is 7.42. The Labute approximate surface area is 97.8 Å². The Balaban J connectivity index is 2.01. The molecular weight excluding hydrogens is 226 g/mol. The highest BCUT2D eigenvalue weighted by Crippen LogP contribution is 2.25. The van der Waals surface area contributed by atoms with Crippen LogP contribution in [-0.2, 0) is 10.2 Å². The SMILES string of the molecule is CC1(N)CN(S(=O)(=O)N2CCCCCC2)C1. The molecule has 2 heterocycles. The molecule has 5 nitrogen and oxygen atoms in total. The monoisotopic (exact) mass is 247 g/mol. The Morgan fingerprint density at radius 2 is 1.50 bits per heavy atom. The van der Waals surface area contributed by atoms with Crippen LogP contribution in [0.1, 0.15) is 32.6 Å². The second-order valence-corrected chi connectivity index (χ2v) is 7.17. The van der Waals surface area contributed by atoms with E-state index < -0.39 is 10.2 Å². The van der Waals surface area contributed by atoms with Crippen LogP contribution in [0.15, 0.2) is 0 Å². The van der Waals surface area contributed by atoms with Crippen molar-refractivity contribution >= 4 is 10.2 Å². The minimum atomic E-state index is -3.23. The van der Waals surface area contributed by atoms with Gasteiger partial charge in [-0.3, -0.25) is 0 Å². The first-order valence-electron chi connectivity index (χ1n) is 5.96. The number of hydrogen-bond donors (Lipinski definition) is 1. The Bertz CT molecular complexity index is 337. The van der Waals surface area contributed by atoms with Gasteiger partial charge in [0.15, 0.2) is 0 Å². The van der Waals surface area contributed by atoms with E-state index in [1.54, 1.807) is 4.31 Å². The summed E-state index contributed by atoms with van der Waals surface area (Å²) in [6.45, 7) is 4.12. The number of nitrogens with zero attached hydrogens (tertiary/aromatic N) is 2. The molecular formula is C10H21N3O2S. The minimum Gasteiger partial charge on any atom is -0.323 e. The highest BCUT2D eigenvalue weighted by molar-refractivity contribution is 7.86. The van der Waals surface area contributed by atoms with Gasteiger partial charge in [0.2, 0.25) is 0 Å². The topological polar surface area (TPSA) is 66.6 Å². The Morgan fingerprint density at radius 3 is 1.94 bits per heavy atom. The summed E-state index contributed by atoms with van der Waals surface area (Å²) in [5.41, 5.74) is 5.51. The van der Waals surface area contributed by atoms with Crippen LogP contribution in [0.3, 0.4) is 0 Å². The smallest absolute Gasteiger partial charge is 0.282 e. The molecule has 6 heteroatoms. The van der Waals surface area contributed by atoms with E-state index in [4.69, 9.17) is 5.73 Å². The maximum atomic E-state index is 12.2. The molecule has 0 aromatic heterocycles. The van der Waals surface area contributed by atoms with Crippen molar-refractivity contribution < 1.29 is 8.42 Å². The second kappa shape index (κ2) is 4.25. The average molecular weight is 247 g/mol. The molecule has 94 valence electrons. The zero-order chi connectivity index (χ0) is 11.8. The molecule has 2 N–H and O–H groups in total. The van der Waals surface area contributed by atoms with Crippen LogP contribution in [0.4, 0.5) is 0 Å². The van der Waals surface area contributed by atoms with E-state index in [2.05, 4.69) is 0 Å². The van der Waals surface area contributed by atoms with Gasteiger partial charge < -0.3 is 5.73 Å². The molecule has 0 amide bonds. The third-order valence-corrected chi connectivity index (χ3v) is 5.22. The first-order valence-corrected chi connectivity index (χ1v) is 7.36. The summed E-state index contributed by atoms with van der Waals surface area (Å²) in [5.74, 6) is 0. The molecule has 0 spiro atoms. The molecule has 0 atom stereocenters. The van der Waals surface area contributed by atoms with Gasteiger partial charge in [-0.15, -0.1) is 0 Å². The van der Waals surface area contributed by atoms with Gasteiger partial charge in [-0.1, -0.05) is 12.8 Å². The molecule has 0 saturated carbocycles. The molecule has 2 fully saturated rings. The lowest BCUT2D eigenvalue weighted by Crippen LogP contribution is -2.68. The highest BCUT2D eigenvalue weighted by Gasteiger charge is 2.44. The predicted molar refractivity (Wildman–Crippen MR) is 63.1 cm³/mol. The van der Waals surface area contributed by atoms with Gasteiger partial charge >= 0.3 is 0 Å². The zero-order valence-electron chi connectivity index (χ0n) is 9.85. The average Bonchev–Trinajstić information content (AvgIpc) is 2.42. The lowest BCUT2D eigenvalue weighted by atomic mass is 9.97. The molecule has 2 rings (SSSR count). The second-order valence-electron chi connectivity index (χ2n) is 5.24.